The lowest BCUT2D eigenvalue weighted by molar-refractivity contribution is -0.130. The fourth-order valence-corrected chi connectivity index (χ4v) is 1.64. The first-order chi connectivity index (χ1) is 6.72. The van der Waals surface area contributed by atoms with Crippen LogP contribution in [0.2, 0.25) is 0 Å². The highest BCUT2D eigenvalue weighted by atomic mass is 16.2. The monoisotopic (exact) mass is 193 g/mol. The zero-order valence-corrected chi connectivity index (χ0v) is 7.93. The van der Waals surface area contributed by atoms with Crippen molar-refractivity contribution in [1.29, 1.82) is 0 Å². The van der Waals surface area contributed by atoms with Gasteiger partial charge in [0.15, 0.2) is 6.29 Å². The van der Waals surface area contributed by atoms with Crippen molar-refractivity contribution < 1.29 is 9.59 Å². The van der Waals surface area contributed by atoms with Crippen LogP contribution < -0.4 is 0 Å². The average Bonchev–Trinajstić information content (AvgIpc) is 2.59. The smallest absolute Gasteiger partial charge is 0.219 e. The Morgan fingerprint density at radius 1 is 1.57 bits per heavy atom. The minimum absolute atomic E-state index is 0.0364. The van der Waals surface area contributed by atoms with Crippen LogP contribution >= 0.6 is 0 Å². The van der Waals surface area contributed by atoms with Gasteiger partial charge in [0.2, 0.25) is 5.91 Å². The fourth-order valence-electron chi connectivity index (χ4n) is 1.64. The van der Waals surface area contributed by atoms with Crippen LogP contribution in [0, 0.1) is 0 Å². The van der Waals surface area contributed by atoms with Crippen molar-refractivity contribution in [1.82, 2.24) is 14.5 Å². The summed E-state index contributed by atoms with van der Waals surface area (Å²) in [5.74, 6) is 0.0364. The molecule has 1 aliphatic rings. The first-order valence-electron chi connectivity index (χ1n) is 4.47. The maximum Gasteiger partial charge on any atom is 0.219 e. The lowest BCUT2D eigenvalue weighted by Gasteiger charge is -2.27. The first kappa shape index (κ1) is 8.93. The van der Waals surface area contributed by atoms with Crippen molar-refractivity contribution in [3.63, 3.8) is 0 Å². The van der Waals surface area contributed by atoms with Crippen LogP contribution in [0.5, 0.6) is 0 Å². The highest BCUT2D eigenvalue weighted by Crippen LogP contribution is 2.14. The van der Waals surface area contributed by atoms with Gasteiger partial charge in [-0.3, -0.25) is 9.59 Å². The molecule has 1 amide bonds. The number of carbonyl (C=O) groups is 2. The van der Waals surface area contributed by atoms with Crippen molar-refractivity contribution >= 4 is 12.2 Å². The molecule has 0 spiro atoms. The summed E-state index contributed by atoms with van der Waals surface area (Å²) in [4.78, 5) is 27.5. The molecule has 0 unspecified atom stereocenters. The molecule has 0 aliphatic carbocycles. The summed E-state index contributed by atoms with van der Waals surface area (Å²) >= 11 is 0. The Bertz CT molecular complexity index is 383. The van der Waals surface area contributed by atoms with Crippen LogP contribution in [0.1, 0.15) is 23.1 Å². The van der Waals surface area contributed by atoms with Crippen LogP contribution in [0.15, 0.2) is 6.33 Å². The highest BCUT2D eigenvalue weighted by Gasteiger charge is 2.21. The number of aromatic nitrogens is 2. The normalized spacial score (nSPS) is 15.1. The number of carbonyl (C=O) groups excluding carboxylic acids is 2. The third-order valence-electron chi connectivity index (χ3n) is 2.49. The van der Waals surface area contributed by atoms with Gasteiger partial charge in [-0.15, -0.1) is 0 Å². The highest BCUT2D eigenvalue weighted by molar-refractivity contribution is 5.76. The van der Waals surface area contributed by atoms with E-state index in [1.807, 2.05) is 4.57 Å². The molecule has 0 saturated heterocycles. The van der Waals surface area contributed by atoms with Crippen LogP contribution in [0.3, 0.4) is 0 Å². The molecule has 1 aromatic rings. The van der Waals surface area contributed by atoms with E-state index in [1.165, 1.54) is 6.92 Å². The van der Waals surface area contributed by atoms with E-state index < -0.39 is 0 Å². The van der Waals surface area contributed by atoms with E-state index in [0.29, 0.717) is 18.8 Å². The van der Waals surface area contributed by atoms with Gasteiger partial charge in [0.1, 0.15) is 5.69 Å². The number of imidazole rings is 1. The Morgan fingerprint density at radius 3 is 3.00 bits per heavy atom. The molecule has 0 saturated carbocycles. The van der Waals surface area contributed by atoms with E-state index >= 15 is 0 Å². The molecule has 1 aromatic heterocycles. The van der Waals surface area contributed by atoms with E-state index in [4.69, 9.17) is 0 Å². The van der Waals surface area contributed by atoms with Gasteiger partial charge in [0, 0.05) is 20.0 Å². The number of nitrogens with zero attached hydrogens (tertiary/aromatic N) is 3. The van der Waals surface area contributed by atoms with Gasteiger partial charge in [-0.05, 0) is 0 Å². The molecule has 2 rings (SSSR count). The number of hydrogen-bond donors (Lipinski definition) is 0. The molecule has 2 heterocycles. The van der Waals surface area contributed by atoms with Gasteiger partial charge in [0.25, 0.3) is 0 Å². The van der Waals surface area contributed by atoms with Crippen molar-refractivity contribution in [2.45, 2.75) is 20.0 Å². The maximum absolute atomic E-state index is 11.1. The van der Waals surface area contributed by atoms with Crippen molar-refractivity contribution in [2.75, 3.05) is 6.54 Å². The standard InChI is InChI=1S/C9H11N3O2/c1-7(14)11-2-3-12-6-10-8(5-13)9(12)4-11/h5-6H,2-4H2,1H3. The lowest BCUT2D eigenvalue weighted by atomic mass is 10.2. The van der Waals surface area contributed by atoms with Gasteiger partial charge in [-0.25, -0.2) is 4.98 Å². The summed E-state index contributed by atoms with van der Waals surface area (Å²) in [7, 11) is 0. The van der Waals surface area contributed by atoms with E-state index in [9.17, 15) is 9.59 Å². The Hall–Kier alpha value is -1.65. The van der Waals surface area contributed by atoms with Gasteiger partial charge in [0.05, 0.1) is 18.6 Å². The number of amides is 1. The molecule has 74 valence electrons. The third-order valence-corrected chi connectivity index (χ3v) is 2.49. The third kappa shape index (κ3) is 1.30. The number of fused-ring (bicyclic) bond motifs is 1. The summed E-state index contributed by atoms with van der Waals surface area (Å²) in [5, 5.41) is 0. The van der Waals surface area contributed by atoms with Crippen molar-refractivity contribution in [2.24, 2.45) is 0 Å². The molecule has 0 radical (unpaired) electrons. The molecule has 0 aromatic carbocycles. The molecular formula is C9H11N3O2. The maximum atomic E-state index is 11.1. The molecular weight excluding hydrogens is 182 g/mol. The second-order valence-electron chi connectivity index (χ2n) is 3.33. The van der Waals surface area contributed by atoms with E-state index in [0.717, 1.165) is 18.5 Å². The molecule has 5 heteroatoms. The van der Waals surface area contributed by atoms with Crippen LogP contribution in [-0.2, 0) is 17.9 Å². The van der Waals surface area contributed by atoms with Crippen LogP contribution in [0.25, 0.3) is 0 Å². The zero-order valence-electron chi connectivity index (χ0n) is 7.93. The van der Waals surface area contributed by atoms with Gasteiger partial charge in [-0.2, -0.15) is 0 Å². The Labute approximate surface area is 81.3 Å². The number of aldehydes is 1. The van der Waals surface area contributed by atoms with Crippen molar-refractivity contribution in [3.05, 3.63) is 17.7 Å². The topological polar surface area (TPSA) is 55.2 Å². The number of rotatable bonds is 1. The van der Waals surface area contributed by atoms with E-state index in [-0.39, 0.29) is 5.91 Å². The van der Waals surface area contributed by atoms with Gasteiger partial charge < -0.3 is 9.47 Å². The molecule has 1 aliphatic heterocycles. The SMILES string of the molecule is CC(=O)N1CCn2cnc(C=O)c2C1. The number of hydrogen-bond acceptors (Lipinski definition) is 3. The summed E-state index contributed by atoms with van der Waals surface area (Å²) in [6, 6.07) is 0. The Balaban J connectivity index is 2.31. The molecule has 0 bridgehead atoms. The summed E-state index contributed by atoms with van der Waals surface area (Å²) in [6.45, 7) is 3.43. The minimum atomic E-state index is 0.0364. The zero-order chi connectivity index (χ0) is 10.1. The Kier molecular flexibility index (Phi) is 2.07. The second kappa shape index (κ2) is 3.25. The van der Waals surface area contributed by atoms with Crippen molar-refractivity contribution in [3.8, 4) is 0 Å². The largest absolute Gasteiger partial charge is 0.335 e. The molecule has 5 nitrogen and oxygen atoms in total. The second-order valence-corrected chi connectivity index (χ2v) is 3.33. The van der Waals surface area contributed by atoms with Crippen LogP contribution in [-0.4, -0.2) is 33.2 Å². The molecule has 0 N–H and O–H groups in total. The molecule has 14 heavy (non-hydrogen) atoms. The Morgan fingerprint density at radius 2 is 2.36 bits per heavy atom. The molecule has 0 atom stereocenters. The quantitative estimate of drug-likeness (QED) is 0.592. The average molecular weight is 193 g/mol. The summed E-state index contributed by atoms with van der Waals surface area (Å²) in [6.07, 6.45) is 2.38. The van der Waals surface area contributed by atoms with E-state index in [2.05, 4.69) is 4.98 Å². The van der Waals surface area contributed by atoms with E-state index in [1.54, 1.807) is 11.2 Å². The minimum Gasteiger partial charge on any atom is -0.335 e. The lowest BCUT2D eigenvalue weighted by Crippen LogP contribution is -2.36. The summed E-state index contributed by atoms with van der Waals surface area (Å²) in [5.41, 5.74) is 1.28. The fraction of sp³-hybridized carbons (Fsp3) is 0.444. The first-order valence-corrected chi connectivity index (χ1v) is 4.47. The predicted octanol–water partition coefficient (Wildman–Crippen LogP) is 0.0577. The van der Waals surface area contributed by atoms with Gasteiger partial charge in [-0.1, -0.05) is 0 Å². The predicted molar refractivity (Wildman–Crippen MR) is 48.7 cm³/mol. The summed E-state index contributed by atoms with van der Waals surface area (Å²) < 4.78 is 1.92. The van der Waals surface area contributed by atoms with Crippen LogP contribution in [0.4, 0.5) is 0 Å². The van der Waals surface area contributed by atoms with Gasteiger partial charge >= 0.3 is 0 Å². The molecule has 0 fully saturated rings.